The molecule has 2 aromatic carbocycles. The van der Waals surface area contributed by atoms with Crippen LogP contribution in [-0.4, -0.2) is 0 Å². The van der Waals surface area contributed by atoms with Crippen LogP contribution in [0.3, 0.4) is 0 Å². The van der Waals surface area contributed by atoms with Crippen LogP contribution in [0.1, 0.15) is 39.4 Å². The molecule has 4 heteroatoms. The summed E-state index contributed by atoms with van der Waals surface area (Å²) in [7, 11) is 0. The average Bonchev–Trinajstić information content (AvgIpc) is 2.40. The highest BCUT2D eigenvalue weighted by Crippen LogP contribution is 2.32. The molecular weight excluding hydrogens is 275 g/mol. The molecule has 0 saturated heterocycles. The van der Waals surface area contributed by atoms with Crippen LogP contribution in [0.2, 0.25) is 0 Å². The van der Waals surface area contributed by atoms with Crippen molar-refractivity contribution in [3.05, 3.63) is 69.8 Å². The molecule has 0 bridgehead atoms. The molecule has 1 nitrogen and oxygen atoms in total. The van der Waals surface area contributed by atoms with Crippen LogP contribution in [0.4, 0.5) is 13.2 Å². The summed E-state index contributed by atoms with van der Waals surface area (Å²) >= 11 is 0. The van der Waals surface area contributed by atoms with Crippen molar-refractivity contribution in [3.8, 4) is 0 Å². The van der Waals surface area contributed by atoms with Crippen molar-refractivity contribution >= 4 is 0 Å². The van der Waals surface area contributed by atoms with Crippen molar-refractivity contribution in [2.24, 2.45) is 5.73 Å². The zero-order chi connectivity index (χ0) is 15.8. The lowest BCUT2D eigenvalue weighted by molar-refractivity contribution is -0.137. The van der Waals surface area contributed by atoms with Gasteiger partial charge in [0, 0.05) is 0 Å². The van der Waals surface area contributed by atoms with Gasteiger partial charge in [-0.2, -0.15) is 13.2 Å². The minimum atomic E-state index is -4.33. The summed E-state index contributed by atoms with van der Waals surface area (Å²) in [5.74, 6) is 0. The molecule has 0 aliphatic carbocycles. The first-order chi connectivity index (χ1) is 9.70. The van der Waals surface area contributed by atoms with E-state index in [1.54, 1.807) is 6.92 Å². The Morgan fingerprint density at radius 1 is 0.857 bits per heavy atom. The number of benzene rings is 2. The fourth-order valence-corrected chi connectivity index (χ4v) is 2.34. The molecule has 0 saturated carbocycles. The molecule has 112 valence electrons. The summed E-state index contributed by atoms with van der Waals surface area (Å²) in [6.45, 7) is 5.66. The summed E-state index contributed by atoms with van der Waals surface area (Å²) in [6.07, 6.45) is -4.33. The van der Waals surface area contributed by atoms with E-state index in [9.17, 15) is 13.2 Å². The van der Waals surface area contributed by atoms with E-state index >= 15 is 0 Å². The van der Waals surface area contributed by atoms with Crippen molar-refractivity contribution in [3.63, 3.8) is 0 Å². The molecule has 2 rings (SSSR count). The highest BCUT2D eigenvalue weighted by Gasteiger charge is 2.31. The third-order valence-electron chi connectivity index (χ3n) is 3.82. The molecule has 2 aromatic rings. The minimum Gasteiger partial charge on any atom is -0.320 e. The maximum Gasteiger partial charge on any atom is 0.416 e. The van der Waals surface area contributed by atoms with Gasteiger partial charge in [-0.05, 0) is 60.7 Å². The predicted octanol–water partition coefficient (Wildman–Crippen LogP) is 4.68. The summed E-state index contributed by atoms with van der Waals surface area (Å²) in [4.78, 5) is 0. The highest BCUT2D eigenvalue weighted by atomic mass is 19.4. The minimum absolute atomic E-state index is 0.424. The number of nitrogens with two attached hydrogens (primary N) is 1. The monoisotopic (exact) mass is 293 g/mol. The molecule has 0 heterocycles. The molecular formula is C17H18F3N. The van der Waals surface area contributed by atoms with Crippen LogP contribution in [-0.2, 0) is 6.18 Å². The van der Waals surface area contributed by atoms with Gasteiger partial charge < -0.3 is 5.73 Å². The molecule has 0 amide bonds. The van der Waals surface area contributed by atoms with Crippen LogP contribution >= 0.6 is 0 Å². The molecule has 21 heavy (non-hydrogen) atoms. The Labute approximate surface area is 122 Å². The molecule has 0 spiro atoms. The summed E-state index contributed by atoms with van der Waals surface area (Å²) < 4.78 is 38.1. The summed E-state index contributed by atoms with van der Waals surface area (Å²) in [6, 6.07) is 9.16. The Hall–Kier alpha value is -1.81. The maximum atomic E-state index is 12.7. The standard InChI is InChI=1S/C17H18F3N/c1-10-4-5-13(8-11(10)2)16(21)15-7-6-14(9-12(15)3)17(18,19)20/h4-9,16H,21H2,1-3H3. The number of halogens is 3. The van der Waals surface area contributed by atoms with E-state index in [1.807, 2.05) is 32.0 Å². The fourth-order valence-electron chi connectivity index (χ4n) is 2.34. The zero-order valence-electron chi connectivity index (χ0n) is 12.3. The number of rotatable bonds is 2. The van der Waals surface area contributed by atoms with Crippen molar-refractivity contribution in [2.45, 2.75) is 33.0 Å². The lowest BCUT2D eigenvalue weighted by Crippen LogP contribution is -2.15. The van der Waals surface area contributed by atoms with E-state index in [2.05, 4.69) is 0 Å². The molecule has 0 radical (unpaired) electrons. The Morgan fingerprint density at radius 2 is 1.52 bits per heavy atom. The van der Waals surface area contributed by atoms with Gasteiger partial charge in [-0.15, -0.1) is 0 Å². The molecule has 0 aliphatic rings. The topological polar surface area (TPSA) is 26.0 Å². The van der Waals surface area contributed by atoms with Crippen LogP contribution in [0.25, 0.3) is 0 Å². The van der Waals surface area contributed by atoms with Crippen molar-refractivity contribution in [1.82, 2.24) is 0 Å². The molecule has 1 unspecified atom stereocenters. The van der Waals surface area contributed by atoms with Gasteiger partial charge in [0.1, 0.15) is 0 Å². The van der Waals surface area contributed by atoms with Gasteiger partial charge in [0.05, 0.1) is 11.6 Å². The molecule has 0 fully saturated rings. The highest BCUT2D eigenvalue weighted by molar-refractivity contribution is 5.41. The van der Waals surface area contributed by atoms with Crippen LogP contribution in [0.15, 0.2) is 36.4 Å². The quantitative estimate of drug-likeness (QED) is 0.855. The molecule has 2 N–H and O–H groups in total. The van der Waals surface area contributed by atoms with Crippen LogP contribution < -0.4 is 5.73 Å². The normalized spacial score (nSPS) is 13.3. The second-order valence-corrected chi connectivity index (χ2v) is 5.39. The summed E-state index contributed by atoms with van der Waals surface area (Å²) in [5.41, 5.74) is 10.0. The first kappa shape index (κ1) is 15.6. The largest absolute Gasteiger partial charge is 0.416 e. The number of aryl methyl sites for hydroxylation is 3. The van der Waals surface area contributed by atoms with Gasteiger partial charge in [0.2, 0.25) is 0 Å². The van der Waals surface area contributed by atoms with E-state index in [4.69, 9.17) is 5.73 Å². The second-order valence-electron chi connectivity index (χ2n) is 5.39. The third-order valence-corrected chi connectivity index (χ3v) is 3.82. The first-order valence-electron chi connectivity index (χ1n) is 6.70. The van der Waals surface area contributed by atoms with E-state index in [-0.39, 0.29) is 0 Å². The van der Waals surface area contributed by atoms with Crippen LogP contribution in [0.5, 0.6) is 0 Å². The van der Waals surface area contributed by atoms with Gasteiger partial charge in [0.25, 0.3) is 0 Å². The van der Waals surface area contributed by atoms with Gasteiger partial charge in [0.15, 0.2) is 0 Å². The lowest BCUT2D eigenvalue weighted by Gasteiger charge is -2.18. The fraction of sp³-hybridized carbons (Fsp3) is 0.294. The summed E-state index contributed by atoms with van der Waals surface area (Å²) in [5, 5.41) is 0. The maximum absolute atomic E-state index is 12.7. The Balaban J connectivity index is 2.39. The van der Waals surface area contributed by atoms with Crippen molar-refractivity contribution < 1.29 is 13.2 Å². The number of hydrogen-bond acceptors (Lipinski definition) is 1. The van der Waals surface area contributed by atoms with E-state index in [0.717, 1.165) is 28.8 Å². The Morgan fingerprint density at radius 3 is 2.05 bits per heavy atom. The average molecular weight is 293 g/mol. The SMILES string of the molecule is Cc1ccc(C(N)c2ccc(C(F)(F)F)cc2C)cc1C. The van der Waals surface area contributed by atoms with Gasteiger partial charge in [-0.25, -0.2) is 0 Å². The van der Waals surface area contributed by atoms with Gasteiger partial charge in [-0.1, -0.05) is 24.3 Å². The van der Waals surface area contributed by atoms with E-state index in [0.29, 0.717) is 11.1 Å². The first-order valence-corrected chi connectivity index (χ1v) is 6.70. The number of hydrogen-bond donors (Lipinski definition) is 1. The van der Waals surface area contributed by atoms with Gasteiger partial charge in [-0.3, -0.25) is 0 Å². The smallest absolute Gasteiger partial charge is 0.320 e. The zero-order valence-corrected chi connectivity index (χ0v) is 12.3. The van der Waals surface area contributed by atoms with Gasteiger partial charge >= 0.3 is 6.18 Å². The lowest BCUT2D eigenvalue weighted by atomic mass is 9.92. The molecule has 1 atom stereocenters. The molecule has 0 aliphatic heterocycles. The van der Waals surface area contributed by atoms with E-state index in [1.165, 1.54) is 6.07 Å². The third kappa shape index (κ3) is 3.27. The second kappa shape index (κ2) is 5.53. The Bertz CT molecular complexity index is 660. The Kier molecular flexibility index (Phi) is 4.10. The van der Waals surface area contributed by atoms with Crippen molar-refractivity contribution in [2.75, 3.05) is 0 Å². The van der Waals surface area contributed by atoms with Crippen molar-refractivity contribution in [1.29, 1.82) is 0 Å². The predicted molar refractivity (Wildman–Crippen MR) is 78.1 cm³/mol. The molecule has 0 aromatic heterocycles. The number of alkyl halides is 3. The van der Waals surface area contributed by atoms with E-state index < -0.39 is 17.8 Å². The van der Waals surface area contributed by atoms with Crippen LogP contribution in [0, 0.1) is 20.8 Å².